The Kier molecular flexibility index (Phi) is 21.2. The van der Waals surface area contributed by atoms with Crippen LogP contribution in [-0.2, 0) is 0 Å². The predicted octanol–water partition coefficient (Wildman–Crippen LogP) is 20.4. The second kappa shape index (κ2) is 30.2. The van der Waals surface area contributed by atoms with Gasteiger partial charge in [-0.1, -0.05) is 364 Å². The van der Waals surface area contributed by atoms with E-state index in [9.17, 15) is 0 Å². The molecule has 14 aromatic carbocycles. The van der Waals surface area contributed by atoms with Crippen LogP contribution in [0.1, 0.15) is 0 Å². The van der Waals surface area contributed by atoms with Gasteiger partial charge < -0.3 is 0 Å². The Morgan fingerprint density at radius 1 is 0.0694 bits per heavy atom. The maximum absolute atomic E-state index is 2.12. The SMILES string of the molecule is c1ccc2ccccc2c1.c1ccc2ccccc2c1.c1ccc2ccccc2c1.c1ccc2ccccc2c1.c1ccc2ccccc2c1.c1ccc2ccccc2c1.c1ccccc1.c1ccccc1. The zero-order chi connectivity index (χ0) is 49.4. The fraction of sp³-hybridized carbons (Fsp3) is 0. The molecule has 0 N–H and O–H groups in total. The Morgan fingerprint density at radius 2 is 0.125 bits per heavy atom. The van der Waals surface area contributed by atoms with Crippen LogP contribution in [0.25, 0.3) is 64.6 Å². The Morgan fingerprint density at radius 3 is 0.181 bits per heavy atom. The van der Waals surface area contributed by atoms with Gasteiger partial charge in [-0.3, -0.25) is 0 Å². The van der Waals surface area contributed by atoms with Crippen LogP contribution in [0.15, 0.2) is 364 Å². The molecule has 348 valence electrons. The number of rotatable bonds is 0. The molecule has 0 spiro atoms. The minimum absolute atomic E-state index is 1.31. The van der Waals surface area contributed by atoms with Gasteiger partial charge in [-0.05, 0) is 64.6 Å². The second-order valence-corrected chi connectivity index (χ2v) is 16.4. The molecule has 0 heterocycles. The van der Waals surface area contributed by atoms with Gasteiger partial charge in [-0.15, -0.1) is 0 Å². The highest BCUT2D eigenvalue weighted by atomic mass is 13.9. The molecule has 0 fully saturated rings. The van der Waals surface area contributed by atoms with Crippen LogP contribution < -0.4 is 0 Å². The van der Waals surface area contributed by atoms with Gasteiger partial charge in [-0.2, -0.15) is 0 Å². The van der Waals surface area contributed by atoms with E-state index < -0.39 is 0 Å². The van der Waals surface area contributed by atoms with E-state index in [-0.39, 0.29) is 0 Å². The van der Waals surface area contributed by atoms with Crippen LogP contribution in [0.3, 0.4) is 0 Å². The van der Waals surface area contributed by atoms with Crippen molar-refractivity contribution in [3.63, 3.8) is 0 Å². The molecular formula is C72H60. The number of hydrogen-bond acceptors (Lipinski definition) is 0. The van der Waals surface area contributed by atoms with Crippen molar-refractivity contribution < 1.29 is 0 Å². The van der Waals surface area contributed by atoms with Crippen LogP contribution in [-0.4, -0.2) is 0 Å². The summed E-state index contributed by atoms with van der Waals surface area (Å²) in [6.45, 7) is 0. The first-order chi connectivity index (χ1) is 35.8. The standard InChI is InChI=1S/6C10H8.2C6H6/c6*1-2-6-10-8-4-3-7-9(10)5-1;2*1-2-4-6-5-3-1/h6*1-8H;2*1-6H. The van der Waals surface area contributed by atoms with Crippen LogP contribution in [0.4, 0.5) is 0 Å². The van der Waals surface area contributed by atoms with E-state index in [2.05, 4.69) is 291 Å². The molecule has 0 atom stereocenters. The van der Waals surface area contributed by atoms with Gasteiger partial charge in [0, 0.05) is 0 Å². The highest BCUT2D eigenvalue weighted by Gasteiger charge is 1.89. The van der Waals surface area contributed by atoms with Crippen molar-refractivity contribution in [3.05, 3.63) is 364 Å². The van der Waals surface area contributed by atoms with E-state index in [0.29, 0.717) is 0 Å². The first kappa shape index (κ1) is 50.5. The molecule has 0 nitrogen and oxygen atoms in total. The van der Waals surface area contributed by atoms with Crippen molar-refractivity contribution in [1.82, 2.24) is 0 Å². The number of hydrogen-bond donors (Lipinski definition) is 0. The van der Waals surface area contributed by atoms with Crippen LogP contribution in [0.5, 0.6) is 0 Å². The third-order valence-electron chi connectivity index (χ3n) is 11.3. The molecule has 0 bridgehead atoms. The summed E-state index contributed by atoms with van der Waals surface area (Å²) in [5.74, 6) is 0. The Bertz CT molecular complexity index is 2630. The van der Waals surface area contributed by atoms with Crippen LogP contribution in [0.2, 0.25) is 0 Å². The second-order valence-electron chi connectivity index (χ2n) is 16.4. The topological polar surface area (TPSA) is 0 Å². The summed E-state index contributed by atoms with van der Waals surface area (Å²) in [5.41, 5.74) is 0. The summed E-state index contributed by atoms with van der Waals surface area (Å²) < 4.78 is 0. The fourth-order valence-electron chi connectivity index (χ4n) is 7.57. The van der Waals surface area contributed by atoms with Gasteiger partial charge in [0.05, 0.1) is 0 Å². The van der Waals surface area contributed by atoms with Crippen molar-refractivity contribution in [2.24, 2.45) is 0 Å². The van der Waals surface area contributed by atoms with Gasteiger partial charge in [-0.25, -0.2) is 0 Å². The van der Waals surface area contributed by atoms with E-state index in [1.165, 1.54) is 64.6 Å². The molecular weight excluding hydrogens is 865 g/mol. The molecule has 0 aliphatic heterocycles. The lowest BCUT2D eigenvalue weighted by Crippen LogP contribution is -1.67. The Balaban J connectivity index is 0.000000122. The van der Waals surface area contributed by atoms with Crippen molar-refractivity contribution >= 4 is 64.6 Å². The van der Waals surface area contributed by atoms with E-state index in [1.807, 2.05) is 72.8 Å². The third-order valence-corrected chi connectivity index (χ3v) is 11.3. The fourth-order valence-corrected chi connectivity index (χ4v) is 7.57. The lowest BCUT2D eigenvalue weighted by atomic mass is 10.1. The maximum atomic E-state index is 2.12. The summed E-state index contributed by atoms with van der Waals surface area (Å²) in [7, 11) is 0. The highest BCUT2D eigenvalue weighted by Crippen LogP contribution is 2.15. The number of benzene rings is 14. The highest BCUT2D eigenvalue weighted by molar-refractivity contribution is 5.85. The van der Waals surface area contributed by atoms with Gasteiger partial charge in [0.2, 0.25) is 0 Å². The summed E-state index contributed by atoms with van der Waals surface area (Å²) in [6.07, 6.45) is 0. The smallest absolute Gasteiger partial charge is 0.0184 e. The zero-order valence-electron chi connectivity index (χ0n) is 40.6. The van der Waals surface area contributed by atoms with Crippen molar-refractivity contribution in [3.8, 4) is 0 Å². The first-order valence-corrected chi connectivity index (χ1v) is 24.4. The summed E-state index contributed by atoms with van der Waals surface area (Å²) in [6, 6.07) is 124. The predicted molar refractivity (Wildman–Crippen MR) is 317 cm³/mol. The van der Waals surface area contributed by atoms with Gasteiger partial charge in [0.15, 0.2) is 0 Å². The van der Waals surface area contributed by atoms with E-state index in [4.69, 9.17) is 0 Å². The molecule has 0 amide bonds. The van der Waals surface area contributed by atoms with E-state index in [0.717, 1.165) is 0 Å². The quantitative estimate of drug-likeness (QED) is 0.142. The Hall–Kier alpha value is -9.36. The van der Waals surface area contributed by atoms with E-state index >= 15 is 0 Å². The van der Waals surface area contributed by atoms with Crippen LogP contribution >= 0.6 is 0 Å². The molecule has 0 saturated heterocycles. The van der Waals surface area contributed by atoms with Crippen molar-refractivity contribution in [2.75, 3.05) is 0 Å². The minimum atomic E-state index is 1.31. The molecule has 0 unspecified atom stereocenters. The lowest BCUT2D eigenvalue weighted by Gasteiger charge is -1.92. The zero-order valence-corrected chi connectivity index (χ0v) is 40.6. The maximum Gasteiger partial charge on any atom is -0.0184 e. The molecule has 14 aromatic rings. The third kappa shape index (κ3) is 17.6. The molecule has 0 heteroatoms. The average molecular weight is 925 g/mol. The van der Waals surface area contributed by atoms with Crippen molar-refractivity contribution in [2.45, 2.75) is 0 Å². The van der Waals surface area contributed by atoms with Crippen LogP contribution in [0, 0.1) is 0 Å². The Labute approximate surface area is 426 Å². The molecule has 72 heavy (non-hydrogen) atoms. The monoisotopic (exact) mass is 924 g/mol. The largest absolute Gasteiger partial charge is 0.0623 e. The number of fused-ring (bicyclic) bond motifs is 6. The molecule has 0 aliphatic carbocycles. The van der Waals surface area contributed by atoms with Crippen molar-refractivity contribution in [1.29, 1.82) is 0 Å². The lowest BCUT2D eigenvalue weighted by molar-refractivity contribution is 1.72. The average Bonchev–Trinajstić information content (AvgIpc) is 3.49. The molecule has 14 rings (SSSR count). The first-order valence-electron chi connectivity index (χ1n) is 24.4. The molecule has 0 radical (unpaired) electrons. The summed E-state index contributed by atoms with van der Waals surface area (Å²) in [4.78, 5) is 0. The molecule has 0 aliphatic rings. The van der Waals surface area contributed by atoms with Gasteiger partial charge >= 0.3 is 0 Å². The normalized spacial score (nSPS) is 9.67. The minimum Gasteiger partial charge on any atom is -0.0623 e. The summed E-state index contributed by atoms with van der Waals surface area (Å²) >= 11 is 0. The summed E-state index contributed by atoms with van der Waals surface area (Å²) in [5, 5.41) is 15.7. The van der Waals surface area contributed by atoms with Gasteiger partial charge in [0.1, 0.15) is 0 Å². The van der Waals surface area contributed by atoms with Gasteiger partial charge in [0.25, 0.3) is 0 Å². The van der Waals surface area contributed by atoms with E-state index in [1.54, 1.807) is 0 Å². The molecule has 0 aromatic heterocycles. The molecule has 0 saturated carbocycles.